The number of pyridine rings is 1. The van der Waals surface area contributed by atoms with Crippen LogP contribution in [0.2, 0.25) is 0 Å². The Hall–Kier alpha value is -1.03. The molecule has 0 amide bonds. The lowest BCUT2D eigenvalue weighted by atomic mass is 10.0. The van der Waals surface area contributed by atoms with Crippen molar-refractivity contribution in [3.63, 3.8) is 0 Å². The molecule has 1 atom stereocenters. The minimum absolute atomic E-state index is 0.174. The normalized spacial score (nSPS) is 20.6. The number of hydrogen-bond donors (Lipinski definition) is 1. The average molecular weight is 236 g/mol. The van der Waals surface area contributed by atoms with E-state index in [0.717, 1.165) is 17.7 Å². The highest BCUT2D eigenvalue weighted by molar-refractivity contribution is 8.00. The summed E-state index contributed by atoms with van der Waals surface area (Å²) in [6.45, 7) is 0. The molecule has 1 aromatic heterocycles. The summed E-state index contributed by atoms with van der Waals surface area (Å²) in [5.74, 6) is 1.89. The van der Waals surface area contributed by atoms with E-state index in [2.05, 4.69) is 4.98 Å². The number of aromatic nitrogens is 1. The molecule has 0 aliphatic carbocycles. The van der Waals surface area contributed by atoms with E-state index in [-0.39, 0.29) is 5.25 Å². The van der Waals surface area contributed by atoms with Crippen LogP contribution in [0.5, 0.6) is 0 Å². The largest absolute Gasteiger partial charge is 0.383 e. The average Bonchev–Trinajstić information content (AvgIpc) is 2.33. The van der Waals surface area contributed by atoms with Crippen LogP contribution in [0, 0.1) is 0 Å². The van der Waals surface area contributed by atoms with Gasteiger partial charge in [0.25, 0.3) is 0 Å². The van der Waals surface area contributed by atoms with Crippen LogP contribution < -0.4 is 5.73 Å². The number of carbonyl (C=O) groups is 1. The van der Waals surface area contributed by atoms with Gasteiger partial charge in [-0.25, -0.2) is 4.98 Å². The van der Waals surface area contributed by atoms with Gasteiger partial charge in [-0.15, -0.1) is 0 Å². The molecule has 86 valence electrons. The lowest BCUT2D eigenvalue weighted by molar-refractivity contribution is -0.118. The molecule has 1 aromatic rings. The van der Waals surface area contributed by atoms with Crippen molar-refractivity contribution in [2.45, 2.75) is 30.9 Å². The van der Waals surface area contributed by atoms with Gasteiger partial charge < -0.3 is 5.73 Å². The Morgan fingerprint density at radius 1 is 1.56 bits per heavy atom. The Morgan fingerprint density at radius 2 is 2.44 bits per heavy atom. The van der Waals surface area contributed by atoms with Crippen LogP contribution in [-0.2, 0) is 11.2 Å². The number of ketones is 1. The van der Waals surface area contributed by atoms with E-state index in [4.69, 9.17) is 5.73 Å². The smallest absolute Gasteiger partial charge is 0.150 e. The van der Waals surface area contributed by atoms with Gasteiger partial charge in [0, 0.05) is 18.2 Å². The molecule has 0 aromatic carbocycles. The zero-order valence-electron chi connectivity index (χ0n) is 9.19. The van der Waals surface area contributed by atoms with Crippen molar-refractivity contribution in [2.24, 2.45) is 0 Å². The third kappa shape index (κ3) is 2.76. The fourth-order valence-electron chi connectivity index (χ4n) is 1.90. The first kappa shape index (κ1) is 11.5. The van der Waals surface area contributed by atoms with Gasteiger partial charge >= 0.3 is 0 Å². The quantitative estimate of drug-likeness (QED) is 0.872. The minimum Gasteiger partial charge on any atom is -0.383 e. The summed E-state index contributed by atoms with van der Waals surface area (Å²) in [4.78, 5) is 16.0. The fourth-order valence-corrected chi connectivity index (χ4v) is 3.15. The van der Waals surface area contributed by atoms with Crippen LogP contribution in [0.1, 0.15) is 24.8 Å². The molecule has 2 heterocycles. The number of hydrogen-bond acceptors (Lipinski definition) is 4. The maximum Gasteiger partial charge on any atom is 0.150 e. The van der Waals surface area contributed by atoms with Gasteiger partial charge in [0.15, 0.2) is 0 Å². The topological polar surface area (TPSA) is 56.0 Å². The molecule has 1 aliphatic rings. The SMILES string of the molecule is Nc1ncccc1CC(=O)C1CCCCS1. The molecule has 4 heteroatoms. The highest BCUT2D eigenvalue weighted by Gasteiger charge is 2.22. The first-order valence-electron chi connectivity index (χ1n) is 5.61. The predicted octanol–water partition coefficient (Wildman–Crippen LogP) is 2.06. The van der Waals surface area contributed by atoms with Gasteiger partial charge in [-0.1, -0.05) is 12.5 Å². The molecule has 1 unspecified atom stereocenters. The van der Waals surface area contributed by atoms with Crippen LogP contribution in [0.3, 0.4) is 0 Å². The number of carbonyl (C=O) groups excluding carboxylic acids is 1. The monoisotopic (exact) mass is 236 g/mol. The van der Waals surface area contributed by atoms with E-state index >= 15 is 0 Å². The number of nitrogens with zero attached hydrogens (tertiary/aromatic N) is 1. The highest BCUT2D eigenvalue weighted by Crippen LogP contribution is 2.27. The number of anilines is 1. The maximum absolute atomic E-state index is 12.0. The van der Waals surface area contributed by atoms with Gasteiger partial charge in [-0.05, 0) is 24.7 Å². The molecule has 1 fully saturated rings. The number of nitrogen functional groups attached to an aromatic ring is 1. The lowest BCUT2D eigenvalue weighted by Gasteiger charge is -2.20. The molecule has 2 N–H and O–H groups in total. The summed E-state index contributed by atoms with van der Waals surface area (Å²) < 4.78 is 0. The van der Waals surface area contributed by atoms with E-state index in [0.29, 0.717) is 18.0 Å². The number of nitrogens with two attached hydrogens (primary N) is 1. The number of thioether (sulfide) groups is 1. The highest BCUT2D eigenvalue weighted by atomic mass is 32.2. The Morgan fingerprint density at radius 3 is 3.12 bits per heavy atom. The summed E-state index contributed by atoms with van der Waals surface area (Å²) in [7, 11) is 0. The van der Waals surface area contributed by atoms with E-state index in [1.165, 1.54) is 12.8 Å². The second-order valence-electron chi connectivity index (χ2n) is 4.05. The van der Waals surface area contributed by atoms with Crippen molar-refractivity contribution >= 4 is 23.4 Å². The molecule has 1 aliphatic heterocycles. The van der Waals surface area contributed by atoms with Crippen molar-refractivity contribution in [3.8, 4) is 0 Å². The summed E-state index contributed by atoms with van der Waals surface area (Å²) >= 11 is 1.79. The molecule has 16 heavy (non-hydrogen) atoms. The van der Waals surface area contributed by atoms with Gasteiger partial charge in [-0.3, -0.25) is 4.79 Å². The van der Waals surface area contributed by atoms with Crippen molar-refractivity contribution in [2.75, 3.05) is 11.5 Å². The van der Waals surface area contributed by atoms with Crippen LogP contribution in [-0.4, -0.2) is 21.8 Å². The first-order valence-corrected chi connectivity index (χ1v) is 6.66. The van der Waals surface area contributed by atoms with E-state index in [1.54, 1.807) is 18.0 Å². The molecule has 0 radical (unpaired) electrons. The molecule has 1 saturated heterocycles. The van der Waals surface area contributed by atoms with Gasteiger partial charge in [0.05, 0.1) is 5.25 Å². The van der Waals surface area contributed by atoms with Crippen LogP contribution in [0.25, 0.3) is 0 Å². The zero-order chi connectivity index (χ0) is 11.4. The van der Waals surface area contributed by atoms with Gasteiger partial charge in [0.2, 0.25) is 0 Å². The van der Waals surface area contributed by atoms with Crippen molar-refractivity contribution in [1.82, 2.24) is 4.98 Å². The second-order valence-corrected chi connectivity index (χ2v) is 5.36. The fraction of sp³-hybridized carbons (Fsp3) is 0.500. The Balaban J connectivity index is 1.99. The molecule has 2 rings (SSSR count). The van der Waals surface area contributed by atoms with E-state index in [1.807, 2.05) is 12.1 Å². The summed E-state index contributed by atoms with van der Waals surface area (Å²) in [5.41, 5.74) is 6.59. The number of Topliss-reactive ketones (excluding diaryl/α,β-unsaturated/α-hetero) is 1. The standard InChI is InChI=1S/C12H16N2OS/c13-12-9(4-3-6-14-12)8-10(15)11-5-1-2-7-16-11/h3-4,6,11H,1-2,5,7-8H2,(H2,13,14). The Bertz CT molecular complexity index is 375. The molecule has 0 spiro atoms. The Kier molecular flexibility index (Phi) is 3.83. The van der Waals surface area contributed by atoms with Gasteiger partial charge in [-0.2, -0.15) is 11.8 Å². The molecular weight excluding hydrogens is 220 g/mol. The summed E-state index contributed by atoms with van der Waals surface area (Å²) in [6.07, 6.45) is 5.51. The van der Waals surface area contributed by atoms with E-state index < -0.39 is 0 Å². The van der Waals surface area contributed by atoms with E-state index in [9.17, 15) is 4.79 Å². The summed E-state index contributed by atoms with van der Waals surface area (Å²) in [6, 6.07) is 3.71. The second kappa shape index (κ2) is 5.34. The van der Waals surface area contributed by atoms with Crippen LogP contribution in [0.15, 0.2) is 18.3 Å². The Labute approximate surface area is 99.8 Å². The van der Waals surface area contributed by atoms with Crippen molar-refractivity contribution in [3.05, 3.63) is 23.9 Å². The summed E-state index contributed by atoms with van der Waals surface area (Å²) in [5, 5.41) is 0.174. The van der Waals surface area contributed by atoms with Crippen molar-refractivity contribution < 1.29 is 4.79 Å². The first-order chi connectivity index (χ1) is 7.77. The number of rotatable bonds is 3. The third-order valence-corrected chi connectivity index (χ3v) is 4.25. The molecular formula is C12H16N2OS. The lowest BCUT2D eigenvalue weighted by Crippen LogP contribution is -2.23. The zero-order valence-corrected chi connectivity index (χ0v) is 10.0. The molecule has 3 nitrogen and oxygen atoms in total. The van der Waals surface area contributed by atoms with Crippen molar-refractivity contribution in [1.29, 1.82) is 0 Å². The van der Waals surface area contributed by atoms with Gasteiger partial charge in [0.1, 0.15) is 11.6 Å². The third-order valence-electron chi connectivity index (χ3n) is 2.83. The maximum atomic E-state index is 12.0. The molecule has 0 saturated carbocycles. The minimum atomic E-state index is 0.174. The van der Waals surface area contributed by atoms with Crippen LogP contribution >= 0.6 is 11.8 Å². The predicted molar refractivity (Wildman–Crippen MR) is 67.5 cm³/mol. The van der Waals surface area contributed by atoms with Crippen LogP contribution in [0.4, 0.5) is 5.82 Å². The molecule has 0 bridgehead atoms.